The second-order valence-electron chi connectivity index (χ2n) is 7.93. The van der Waals surface area contributed by atoms with E-state index in [1.165, 1.54) is 18.2 Å². The first-order valence-electron chi connectivity index (χ1n) is 10.9. The molecule has 4 aromatic rings. The number of hydrogen-bond acceptors (Lipinski definition) is 4. The number of halogens is 2. The third kappa shape index (κ3) is 6.37. The van der Waals surface area contributed by atoms with Gasteiger partial charge in [0, 0.05) is 15.7 Å². The van der Waals surface area contributed by atoms with Crippen molar-refractivity contribution in [2.24, 2.45) is 0 Å². The number of aryl methyl sites for hydroxylation is 1. The van der Waals surface area contributed by atoms with Crippen LogP contribution < -0.4 is 14.4 Å². The molecule has 4 aromatic carbocycles. The predicted octanol–water partition coefficient (Wildman–Crippen LogP) is 6.93. The van der Waals surface area contributed by atoms with Gasteiger partial charge in [-0.2, -0.15) is 0 Å². The number of nitrogens with zero attached hydrogens (tertiary/aromatic N) is 1. The number of ether oxygens (including phenoxy) is 1. The van der Waals surface area contributed by atoms with E-state index in [2.05, 4.69) is 5.32 Å². The number of amides is 1. The molecule has 0 saturated heterocycles. The molecule has 0 aromatic heterocycles. The Bertz CT molecular complexity index is 1460. The fourth-order valence-corrected chi connectivity index (χ4v) is 5.08. The summed E-state index contributed by atoms with van der Waals surface area (Å²) in [6, 6.07) is 26.5. The van der Waals surface area contributed by atoms with E-state index in [0.717, 1.165) is 9.87 Å². The Balaban J connectivity index is 1.51. The highest BCUT2D eigenvalue weighted by Crippen LogP contribution is 2.27. The quantitative estimate of drug-likeness (QED) is 0.263. The first kappa shape index (κ1) is 25.6. The summed E-state index contributed by atoms with van der Waals surface area (Å²) in [6.07, 6.45) is 0. The Labute approximate surface area is 220 Å². The number of carbonyl (C=O) groups excluding carboxylic acids is 1. The molecule has 0 unspecified atom stereocenters. The summed E-state index contributed by atoms with van der Waals surface area (Å²) in [5.41, 5.74) is 1.69. The number of anilines is 2. The van der Waals surface area contributed by atoms with Gasteiger partial charge in [-0.3, -0.25) is 9.10 Å². The van der Waals surface area contributed by atoms with Gasteiger partial charge < -0.3 is 10.1 Å². The van der Waals surface area contributed by atoms with Crippen LogP contribution in [-0.4, -0.2) is 20.9 Å². The molecule has 0 fully saturated rings. The fraction of sp³-hybridized carbons (Fsp3) is 0.0741. The van der Waals surface area contributed by atoms with Crippen molar-refractivity contribution in [3.05, 3.63) is 113 Å². The molecule has 0 aliphatic carbocycles. The molecular formula is C27H22Cl2N2O4S. The average molecular weight is 541 g/mol. The molecule has 0 saturated carbocycles. The second-order valence-corrected chi connectivity index (χ2v) is 10.7. The topological polar surface area (TPSA) is 75.7 Å². The number of rotatable bonds is 8. The van der Waals surface area contributed by atoms with Crippen molar-refractivity contribution in [2.75, 3.05) is 16.2 Å². The molecule has 0 atom stereocenters. The molecule has 6 nitrogen and oxygen atoms in total. The van der Waals surface area contributed by atoms with Gasteiger partial charge in [-0.05, 0) is 85.8 Å². The summed E-state index contributed by atoms with van der Waals surface area (Å²) in [5, 5.41) is 3.70. The molecule has 184 valence electrons. The van der Waals surface area contributed by atoms with Crippen LogP contribution in [0.2, 0.25) is 10.0 Å². The Morgan fingerprint density at radius 3 is 2.06 bits per heavy atom. The van der Waals surface area contributed by atoms with Crippen LogP contribution in [0.25, 0.3) is 0 Å². The molecule has 9 heteroatoms. The van der Waals surface area contributed by atoms with Crippen LogP contribution in [0.3, 0.4) is 0 Å². The summed E-state index contributed by atoms with van der Waals surface area (Å²) in [4.78, 5) is 13.0. The Hall–Kier alpha value is -3.52. The van der Waals surface area contributed by atoms with E-state index in [0.29, 0.717) is 27.2 Å². The lowest BCUT2D eigenvalue weighted by Gasteiger charge is -2.24. The molecule has 0 spiro atoms. The summed E-state index contributed by atoms with van der Waals surface area (Å²) in [7, 11) is -4.03. The molecule has 1 amide bonds. The van der Waals surface area contributed by atoms with Crippen molar-refractivity contribution < 1.29 is 17.9 Å². The van der Waals surface area contributed by atoms with Crippen molar-refractivity contribution in [2.45, 2.75) is 11.8 Å². The molecule has 0 aliphatic rings. The Morgan fingerprint density at radius 1 is 0.833 bits per heavy atom. The van der Waals surface area contributed by atoms with Crippen LogP contribution in [0.5, 0.6) is 11.5 Å². The first-order chi connectivity index (χ1) is 17.2. The lowest BCUT2D eigenvalue weighted by molar-refractivity contribution is -0.114. The van der Waals surface area contributed by atoms with Crippen LogP contribution in [-0.2, 0) is 14.8 Å². The molecule has 0 aliphatic heterocycles. The van der Waals surface area contributed by atoms with E-state index in [1.54, 1.807) is 78.9 Å². The fourth-order valence-electron chi connectivity index (χ4n) is 3.36. The van der Waals surface area contributed by atoms with Crippen molar-refractivity contribution in [1.82, 2.24) is 0 Å². The zero-order valence-electron chi connectivity index (χ0n) is 19.2. The van der Waals surface area contributed by atoms with Crippen LogP contribution in [0.1, 0.15) is 5.56 Å². The number of carbonyl (C=O) groups is 1. The predicted molar refractivity (Wildman–Crippen MR) is 144 cm³/mol. The zero-order chi connectivity index (χ0) is 25.7. The van der Waals surface area contributed by atoms with Gasteiger partial charge in [0.2, 0.25) is 5.91 Å². The summed E-state index contributed by atoms with van der Waals surface area (Å²) >= 11 is 12.0. The third-order valence-electron chi connectivity index (χ3n) is 5.18. The molecule has 1 N–H and O–H groups in total. The normalized spacial score (nSPS) is 11.1. The minimum atomic E-state index is -4.03. The number of sulfonamides is 1. The monoisotopic (exact) mass is 540 g/mol. The van der Waals surface area contributed by atoms with Crippen molar-refractivity contribution in [3.8, 4) is 11.5 Å². The zero-order valence-corrected chi connectivity index (χ0v) is 21.5. The van der Waals surface area contributed by atoms with Gasteiger partial charge in [0.15, 0.2) is 0 Å². The maximum atomic E-state index is 13.5. The number of nitrogens with one attached hydrogen (secondary N) is 1. The highest BCUT2D eigenvalue weighted by atomic mass is 35.5. The van der Waals surface area contributed by atoms with Crippen LogP contribution in [0.15, 0.2) is 102 Å². The Morgan fingerprint density at radius 2 is 1.44 bits per heavy atom. The maximum absolute atomic E-state index is 13.5. The van der Waals surface area contributed by atoms with Gasteiger partial charge in [0.25, 0.3) is 10.0 Å². The first-order valence-corrected chi connectivity index (χ1v) is 13.1. The van der Waals surface area contributed by atoms with E-state index in [1.807, 2.05) is 6.92 Å². The van der Waals surface area contributed by atoms with Crippen LogP contribution in [0.4, 0.5) is 11.4 Å². The molecule has 36 heavy (non-hydrogen) atoms. The molecular weight excluding hydrogens is 519 g/mol. The SMILES string of the molecule is Cc1ccc(S(=O)(=O)N(CC(=O)Nc2ccc(Oc3ccc(Cl)cc3)cc2)c2cccc(Cl)c2)cc1. The maximum Gasteiger partial charge on any atom is 0.264 e. The standard InChI is InChI=1S/C27H22Cl2N2O4S/c1-19-5-15-26(16-6-19)36(33,34)31(23-4-2-3-21(29)17-23)18-27(32)30-22-9-13-25(14-10-22)35-24-11-7-20(28)8-12-24/h2-17H,18H2,1H3,(H,30,32). The van der Waals surface area contributed by atoms with E-state index < -0.39 is 22.5 Å². The summed E-state index contributed by atoms with van der Waals surface area (Å²) in [6.45, 7) is 1.42. The Kier molecular flexibility index (Phi) is 7.84. The van der Waals surface area contributed by atoms with Gasteiger partial charge in [0.1, 0.15) is 18.0 Å². The minimum absolute atomic E-state index is 0.0737. The van der Waals surface area contributed by atoms with Gasteiger partial charge in [-0.15, -0.1) is 0 Å². The second kappa shape index (κ2) is 11.0. The molecule has 4 rings (SSSR count). The largest absolute Gasteiger partial charge is 0.457 e. The van der Waals surface area contributed by atoms with Crippen LogP contribution in [0, 0.1) is 6.92 Å². The molecule has 0 heterocycles. The lowest BCUT2D eigenvalue weighted by atomic mass is 10.2. The number of hydrogen-bond donors (Lipinski definition) is 1. The lowest BCUT2D eigenvalue weighted by Crippen LogP contribution is -2.38. The van der Waals surface area contributed by atoms with Crippen molar-refractivity contribution >= 4 is 50.5 Å². The molecule has 0 radical (unpaired) electrons. The van der Waals surface area contributed by atoms with E-state index in [9.17, 15) is 13.2 Å². The summed E-state index contributed by atoms with van der Waals surface area (Å²) < 4.78 is 33.7. The number of benzene rings is 4. The highest BCUT2D eigenvalue weighted by molar-refractivity contribution is 7.92. The smallest absolute Gasteiger partial charge is 0.264 e. The van der Waals surface area contributed by atoms with Crippen molar-refractivity contribution in [1.29, 1.82) is 0 Å². The van der Waals surface area contributed by atoms with E-state index in [-0.39, 0.29) is 10.6 Å². The van der Waals surface area contributed by atoms with Gasteiger partial charge >= 0.3 is 0 Å². The minimum Gasteiger partial charge on any atom is -0.457 e. The summed E-state index contributed by atoms with van der Waals surface area (Å²) in [5.74, 6) is 0.671. The molecule has 0 bridgehead atoms. The van der Waals surface area contributed by atoms with E-state index >= 15 is 0 Å². The van der Waals surface area contributed by atoms with Crippen LogP contribution >= 0.6 is 23.2 Å². The van der Waals surface area contributed by atoms with E-state index in [4.69, 9.17) is 27.9 Å². The average Bonchev–Trinajstić information content (AvgIpc) is 2.85. The van der Waals surface area contributed by atoms with Gasteiger partial charge in [0.05, 0.1) is 10.6 Å². The van der Waals surface area contributed by atoms with Crippen molar-refractivity contribution in [3.63, 3.8) is 0 Å². The van der Waals surface area contributed by atoms with Gasteiger partial charge in [-0.25, -0.2) is 8.42 Å². The highest BCUT2D eigenvalue weighted by Gasteiger charge is 2.27. The third-order valence-corrected chi connectivity index (χ3v) is 7.45. The van der Waals surface area contributed by atoms with Gasteiger partial charge in [-0.1, -0.05) is 47.0 Å².